The second-order valence-corrected chi connectivity index (χ2v) is 41.4. The number of piperazine rings is 2. The van der Waals surface area contributed by atoms with Gasteiger partial charge in [-0.1, -0.05) is 92.1 Å². The van der Waals surface area contributed by atoms with E-state index in [-0.39, 0.29) is 42.7 Å². The van der Waals surface area contributed by atoms with Crippen LogP contribution < -0.4 is 16.0 Å². The van der Waals surface area contributed by atoms with E-state index in [9.17, 15) is 24.0 Å². The van der Waals surface area contributed by atoms with Crippen molar-refractivity contribution < 1.29 is 33.4 Å². The van der Waals surface area contributed by atoms with Gasteiger partial charge in [-0.2, -0.15) is 34.9 Å². The van der Waals surface area contributed by atoms with Crippen molar-refractivity contribution >= 4 is 86.2 Å². The quantitative estimate of drug-likeness (QED) is 0.0322. The molecule has 2 saturated carbocycles. The average Bonchev–Trinajstić information content (AvgIpc) is 1.61. The fourth-order valence-electron chi connectivity index (χ4n) is 17.2. The fraction of sp³-hybridized carbons (Fsp3) is 0.434. The maximum Gasteiger partial charge on any atom is 0.257 e. The highest BCUT2D eigenvalue weighted by Gasteiger charge is 2.38. The van der Waals surface area contributed by atoms with Crippen molar-refractivity contribution in [2.45, 2.75) is 160 Å². The van der Waals surface area contributed by atoms with Gasteiger partial charge in [0.25, 0.3) is 59.3 Å². The predicted molar refractivity (Wildman–Crippen MR) is 579 cm³/mol. The summed E-state index contributed by atoms with van der Waals surface area (Å²) in [6.07, 6.45) is 25.8. The van der Waals surface area contributed by atoms with E-state index in [0.717, 1.165) is 235 Å². The van der Waals surface area contributed by atoms with Crippen molar-refractivity contribution in [1.29, 1.82) is 0 Å². The van der Waals surface area contributed by atoms with Gasteiger partial charge in [-0.05, 0) is 204 Å². The molecule has 4 aliphatic rings. The standard InChI is InChI=1S/C24H30N6OS.C22H28N6OS.C21H26N6O2S.C20H26N6O2S.C19H23N5OS/c1-3-4-9-28-10-12-29(13-11-28)23(31)19-16-26-30(22(19)18-7-8-18)24-25-15-17(2)21(27-24)20-6-5-14-32-20;1-4-27(5-2)11-10-23-21(29)17-14-25-28(20(17)16-8-9-16)22-24-13-15(3)19(26-22)18-7-6-12-30-18;1-3-8-25-9-11-26(12-10-25)20(28)16-14-23-27(18(16)15-29-2)21-22-7-6-17(24-21)19-5-4-13-30-19;1-4-25(5-2)11-10-21-19(27)15-13-23-26(17(15)14-28-3)20-22-9-8-16(24-20)18-7-6-12-29-18;1-12(2)7-8-20-18(25)15-11-22-24(14(15)4)19-21-10-13(3)17(23-19)16-6-5-9-26-16/h5-6,14-16,18H,3-4,7-13H2,1-2H3;6-7,12-14,16H,4-5,8-11H2,1-3H3,(H,23,29);4-7,13-14H,3,8-12,15H2,1-2H3;6-9,12-13H,4-5,10-11,14H2,1-3H3,(H,21,27);5-6,9-12H,7-8H2,1-4H3,(H,20,25). The van der Waals surface area contributed by atoms with Gasteiger partial charge in [-0.3, -0.25) is 33.8 Å². The second-order valence-electron chi connectivity index (χ2n) is 36.6. The molecule has 36 nitrogen and oxygen atoms in total. The smallest absolute Gasteiger partial charge is 0.257 e. The average molecular weight is 2090 g/mol. The van der Waals surface area contributed by atoms with Crippen LogP contribution in [0.15, 0.2) is 162 Å². The Labute approximate surface area is 879 Å². The van der Waals surface area contributed by atoms with Crippen LogP contribution in [0.5, 0.6) is 0 Å². The minimum Gasteiger partial charge on any atom is -0.378 e. The number of ether oxygens (including phenoxy) is 2. The molecule has 0 atom stereocenters. The number of likely N-dealkylation sites (N-methyl/N-ethyl adjacent to an activating group) is 2. The highest BCUT2D eigenvalue weighted by molar-refractivity contribution is 7.14. The molecule has 2 saturated heterocycles. The number of rotatable bonds is 39. The summed E-state index contributed by atoms with van der Waals surface area (Å²) in [5.41, 5.74) is 14.3. The zero-order chi connectivity index (χ0) is 103. The van der Waals surface area contributed by atoms with E-state index in [2.05, 4.69) is 174 Å². The maximum atomic E-state index is 13.4. The molecule has 147 heavy (non-hydrogen) atoms. The zero-order valence-electron chi connectivity index (χ0n) is 86.4. The summed E-state index contributed by atoms with van der Waals surface area (Å²) in [5, 5.41) is 41.4. The summed E-state index contributed by atoms with van der Waals surface area (Å²) in [6, 6.07) is 23.9. The molecular weight excluding hydrogens is 1950 g/mol. The van der Waals surface area contributed by atoms with Gasteiger partial charge in [0.2, 0.25) is 0 Å². The molecule has 2 aliphatic carbocycles. The van der Waals surface area contributed by atoms with Crippen LogP contribution in [0.3, 0.4) is 0 Å². The topological polar surface area (TPSA) is 377 Å². The van der Waals surface area contributed by atoms with Crippen LogP contribution in [0.2, 0.25) is 0 Å². The van der Waals surface area contributed by atoms with E-state index in [1.54, 1.807) is 144 Å². The largest absolute Gasteiger partial charge is 0.378 e. The first kappa shape index (κ1) is 108. The summed E-state index contributed by atoms with van der Waals surface area (Å²) in [4.78, 5) is 129. The third-order valence-electron chi connectivity index (χ3n) is 25.9. The Morgan fingerprint density at radius 2 is 0.755 bits per heavy atom. The van der Waals surface area contributed by atoms with Gasteiger partial charge < -0.3 is 45.0 Å². The van der Waals surface area contributed by atoms with Gasteiger partial charge in [0.1, 0.15) is 0 Å². The lowest BCUT2D eigenvalue weighted by Gasteiger charge is -2.34. The van der Waals surface area contributed by atoms with Gasteiger partial charge in [0, 0.05) is 142 Å². The molecule has 15 aromatic heterocycles. The van der Waals surface area contributed by atoms with Gasteiger partial charge in [0.15, 0.2) is 0 Å². The van der Waals surface area contributed by atoms with Crippen molar-refractivity contribution in [3.05, 3.63) is 235 Å². The van der Waals surface area contributed by atoms with E-state index in [1.807, 2.05) is 132 Å². The molecule has 41 heteroatoms. The Morgan fingerprint density at radius 3 is 1.17 bits per heavy atom. The Bertz CT molecular complexity index is 6740. The highest BCUT2D eigenvalue weighted by atomic mass is 32.1. The number of carbonyl (C=O) groups is 5. The van der Waals surface area contributed by atoms with Crippen LogP contribution in [0.25, 0.3) is 82.6 Å². The summed E-state index contributed by atoms with van der Waals surface area (Å²) in [5.74, 6) is 3.35. The van der Waals surface area contributed by atoms with Crippen molar-refractivity contribution in [3.8, 4) is 82.6 Å². The molecule has 774 valence electrons. The first-order chi connectivity index (χ1) is 71.6. The lowest BCUT2D eigenvalue weighted by molar-refractivity contribution is 0.0627. The summed E-state index contributed by atoms with van der Waals surface area (Å²) in [6.45, 7) is 41.8. The number of unbranched alkanes of at least 4 members (excludes halogenated alkanes) is 1. The van der Waals surface area contributed by atoms with Crippen LogP contribution in [-0.2, 0) is 22.7 Å². The fourth-order valence-corrected chi connectivity index (χ4v) is 20.9. The Hall–Kier alpha value is -12.9. The number of amides is 5. The molecular formula is C106H133N29O7S5. The molecule has 0 spiro atoms. The van der Waals surface area contributed by atoms with Gasteiger partial charge >= 0.3 is 0 Å². The van der Waals surface area contributed by atoms with E-state index in [4.69, 9.17) is 19.4 Å². The molecule has 17 heterocycles. The minimum atomic E-state index is -0.176. The number of hydrogen-bond donors (Lipinski definition) is 3. The van der Waals surface area contributed by atoms with Gasteiger partial charge in [0.05, 0.1) is 153 Å². The molecule has 19 rings (SSSR count). The molecule has 0 radical (unpaired) electrons. The third kappa shape index (κ3) is 27.7. The number of nitrogens with one attached hydrogen (secondary N) is 3. The van der Waals surface area contributed by atoms with E-state index >= 15 is 0 Å². The first-order valence-electron chi connectivity index (χ1n) is 50.7. The molecule has 3 N–H and O–H groups in total. The molecule has 0 aromatic carbocycles. The van der Waals surface area contributed by atoms with Crippen LogP contribution >= 0.6 is 56.7 Å². The van der Waals surface area contributed by atoms with Crippen molar-refractivity contribution in [2.24, 2.45) is 5.92 Å². The molecule has 5 amide bonds. The van der Waals surface area contributed by atoms with Crippen LogP contribution in [0.1, 0.15) is 216 Å². The lowest BCUT2D eigenvalue weighted by Crippen LogP contribution is -2.48. The SMILES string of the molecule is CCCCN1CCN(C(=O)c2cnn(-c3ncc(C)c(-c4cccs4)n3)c2C2CC2)CC1.CCCN1CCN(C(=O)c2cnn(-c3nccc(-c4cccs4)n3)c2COC)CC1.CCN(CC)CCNC(=O)c1cnn(-c2ncc(C)c(-c3cccs3)n2)c1C1CC1.CCN(CC)CCNC(=O)c1cnn(-c2nccc(-c3cccs3)n2)c1COC.Cc1cnc(-n2ncc(C(=O)NCCC(C)C)c2C)nc1-c1cccs1. The molecule has 4 fully saturated rings. The summed E-state index contributed by atoms with van der Waals surface area (Å²) < 4.78 is 19.1. The summed E-state index contributed by atoms with van der Waals surface area (Å²) in [7, 11) is 3.19. The number of hydrogen-bond acceptors (Lipinski definition) is 31. The normalized spacial score (nSPS) is 13.7. The van der Waals surface area contributed by atoms with E-state index < -0.39 is 0 Å². The van der Waals surface area contributed by atoms with E-state index in [1.165, 1.54) is 12.8 Å². The third-order valence-corrected chi connectivity index (χ3v) is 30.3. The molecule has 0 unspecified atom stereocenters. The van der Waals surface area contributed by atoms with Crippen molar-refractivity contribution in [3.63, 3.8) is 0 Å². The van der Waals surface area contributed by atoms with E-state index in [0.29, 0.717) is 101 Å². The zero-order valence-corrected chi connectivity index (χ0v) is 90.4. The van der Waals surface area contributed by atoms with Crippen molar-refractivity contribution in [1.82, 2.24) is 144 Å². The Kier molecular flexibility index (Phi) is 39.1. The van der Waals surface area contributed by atoms with Crippen LogP contribution in [0, 0.1) is 33.6 Å². The Morgan fingerprint density at radius 1 is 0.395 bits per heavy atom. The molecule has 15 aromatic rings. The minimum absolute atomic E-state index is 0.0149. The number of thiophene rings is 5. The molecule has 0 bridgehead atoms. The van der Waals surface area contributed by atoms with Crippen LogP contribution in [0.4, 0.5) is 0 Å². The predicted octanol–water partition coefficient (Wildman–Crippen LogP) is 16.9. The van der Waals surface area contributed by atoms with Crippen molar-refractivity contribution in [2.75, 3.05) is 139 Å². The first-order valence-corrected chi connectivity index (χ1v) is 55.1. The lowest BCUT2D eigenvalue weighted by atomic mass is 10.1. The van der Waals surface area contributed by atoms with Gasteiger partial charge in [-0.25, -0.2) is 63.9 Å². The highest BCUT2D eigenvalue weighted by Crippen LogP contribution is 2.45. The van der Waals surface area contributed by atoms with Gasteiger partial charge in [-0.15, -0.1) is 56.7 Å². The number of nitrogens with zero attached hydrogens (tertiary/aromatic N) is 26. The maximum absolute atomic E-state index is 13.4. The number of aryl methyl sites for hydroxylation is 3. The number of aromatic nitrogens is 20. The number of methoxy groups -OCH3 is 2. The second kappa shape index (κ2) is 53.1. The summed E-state index contributed by atoms with van der Waals surface area (Å²) >= 11 is 8.18. The number of carbonyl (C=O) groups excluding carboxylic acids is 5. The molecule has 2 aliphatic heterocycles. The van der Waals surface area contributed by atoms with Crippen LogP contribution in [-0.4, -0.2) is 296 Å². The Balaban J connectivity index is 0.000000138. The monoisotopic (exact) mass is 2080 g/mol.